The van der Waals surface area contributed by atoms with Crippen LogP contribution in [-0.2, 0) is 0 Å². The Morgan fingerprint density at radius 1 is 1.40 bits per heavy atom. The monoisotopic (exact) mass is 225 g/mol. The van der Waals surface area contributed by atoms with Crippen LogP contribution in [-0.4, -0.2) is 10.1 Å². The molecule has 0 radical (unpaired) electrons. The lowest BCUT2D eigenvalue weighted by molar-refractivity contribution is 0.154. The van der Waals surface area contributed by atoms with Gasteiger partial charge in [-0.2, -0.15) is 0 Å². The lowest BCUT2D eigenvalue weighted by Crippen LogP contribution is -2.08. The minimum Gasteiger partial charge on any atom is -0.388 e. The topological polar surface area (TPSA) is 33.1 Å². The van der Waals surface area contributed by atoms with Crippen LogP contribution in [0.25, 0.3) is 0 Å². The molecule has 0 unspecified atom stereocenters. The van der Waals surface area contributed by atoms with Gasteiger partial charge in [-0.3, -0.25) is 4.98 Å². The van der Waals surface area contributed by atoms with E-state index in [4.69, 9.17) is 0 Å². The van der Waals surface area contributed by atoms with Gasteiger partial charge >= 0.3 is 0 Å². The molecular weight excluding hydrogens is 206 g/mol. The zero-order chi connectivity index (χ0) is 10.5. The molecule has 0 bridgehead atoms. The quantitative estimate of drug-likeness (QED) is 0.850. The van der Waals surface area contributed by atoms with Crippen molar-refractivity contribution in [2.24, 2.45) is 5.92 Å². The van der Waals surface area contributed by atoms with E-state index in [1.165, 1.54) is 38.5 Å². The molecule has 3 heteroatoms. The first kappa shape index (κ1) is 11.1. The number of aromatic nitrogens is 1. The zero-order valence-corrected chi connectivity index (χ0v) is 9.88. The summed E-state index contributed by atoms with van der Waals surface area (Å²) >= 11 is 1.56. The summed E-state index contributed by atoms with van der Waals surface area (Å²) in [6, 6.07) is 0. The molecule has 84 valence electrons. The molecule has 0 aliphatic heterocycles. The molecule has 15 heavy (non-hydrogen) atoms. The third-order valence-corrected chi connectivity index (χ3v) is 4.23. The van der Waals surface area contributed by atoms with Gasteiger partial charge in [0.15, 0.2) is 0 Å². The van der Waals surface area contributed by atoms with E-state index in [2.05, 4.69) is 4.98 Å². The van der Waals surface area contributed by atoms with Crippen molar-refractivity contribution in [1.82, 2.24) is 4.98 Å². The van der Waals surface area contributed by atoms with Crippen LogP contribution in [0.15, 0.2) is 11.7 Å². The Morgan fingerprint density at radius 3 is 2.87 bits per heavy atom. The van der Waals surface area contributed by atoms with Gasteiger partial charge in [-0.15, -0.1) is 11.3 Å². The molecule has 1 saturated carbocycles. The van der Waals surface area contributed by atoms with Crippen molar-refractivity contribution >= 4 is 11.3 Å². The van der Waals surface area contributed by atoms with Crippen molar-refractivity contribution < 1.29 is 5.11 Å². The van der Waals surface area contributed by atoms with Crippen molar-refractivity contribution in [1.29, 1.82) is 0 Å². The van der Waals surface area contributed by atoms with E-state index >= 15 is 0 Å². The number of thiazole rings is 1. The molecule has 2 rings (SSSR count). The van der Waals surface area contributed by atoms with Gasteiger partial charge in [-0.05, 0) is 18.8 Å². The van der Waals surface area contributed by atoms with Crippen LogP contribution in [0.3, 0.4) is 0 Å². The maximum Gasteiger partial charge on any atom is 0.0898 e. The number of hydrogen-bond donors (Lipinski definition) is 1. The average Bonchev–Trinajstić information content (AvgIpc) is 2.81. The Labute approximate surface area is 95.4 Å². The molecule has 1 heterocycles. The zero-order valence-electron chi connectivity index (χ0n) is 9.06. The number of aliphatic hydroxyl groups is 1. The summed E-state index contributed by atoms with van der Waals surface area (Å²) in [6.07, 6.45) is 10.5. The second-order valence-corrected chi connectivity index (χ2v) is 5.42. The third kappa shape index (κ3) is 3.28. The van der Waals surface area contributed by atoms with E-state index in [0.717, 1.165) is 17.2 Å². The van der Waals surface area contributed by atoms with Crippen LogP contribution in [0.1, 0.15) is 55.9 Å². The van der Waals surface area contributed by atoms with Gasteiger partial charge in [0.1, 0.15) is 0 Å². The number of hydrogen-bond acceptors (Lipinski definition) is 3. The number of aliphatic hydroxyl groups excluding tert-OH is 1. The van der Waals surface area contributed by atoms with Crippen LogP contribution in [0, 0.1) is 5.92 Å². The maximum atomic E-state index is 9.91. The summed E-state index contributed by atoms with van der Waals surface area (Å²) in [4.78, 5) is 5.02. The molecule has 1 aliphatic carbocycles. The minimum atomic E-state index is -0.278. The standard InChI is InChI=1S/C12H19NOS/c14-11(12-8-13-9-15-12)7-6-10-4-2-1-3-5-10/h8-11,14H,1-7H2/t11-/m1/s1. The van der Waals surface area contributed by atoms with E-state index in [-0.39, 0.29) is 6.10 Å². The lowest BCUT2D eigenvalue weighted by Gasteiger charge is -2.22. The summed E-state index contributed by atoms with van der Waals surface area (Å²) in [5.74, 6) is 0.862. The Kier molecular flexibility index (Phi) is 4.15. The Balaban J connectivity index is 1.73. The highest BCUT2D eigenvalue weighted by Gasteiger charge is 2.16. The first-order valence-corrected chi connectivity index (χ1v) is 6.80. The highest BCUT2D eigenvalue weighted by Crippen LogP contribution is 2.30. The largest absolute Gasteiger partial charge is 0.388 e. The number of rotatable bonds is 4. The highest BCUT2D eigenvalue weighted by atomic mass is 32.1. The fourth-order valence-corrected chi connectivity index (χ4v) is 3.04. The maximum absolute atomic E-state index is 9.91. The molecule has 0 spiro atoms. The van der Waals surface area contributed by atoms with Crippen molar-refractivity contribution in [3.8, 4) is 0 Å². The first-order chi connectivity index (χ1) is 7.36. The van der Waals surface area contributed by atoms with Crippen molar-refractivity contribution in [2.45, 2.75) is 51.0 Å². The summed E-state index contributed by atoms with van der Waals surface area (Å²) in [6.45, 7) is 0. The fourth-order valence-electron chi connectivity index (χ4n) is 2.40. The molecule has 0 aromatic carbocycles. The summed E-state index contributed by atoms with van der Waals surface area (Å²) in [7, 11) is 0. The highest BCUT2D eigenvalue weighted by molar-refractivity contribution is 7.09. The molecule has 1 aromatic heterocycles. The van der Waals surface area contributed by atoms with E-state index in [1.54, 1.807) is 23.0 Å². The predicted molar refractivity (Wildman–Crippen MR) is 62.9 cm³/mol. The Hall–Kier alpha value is -0.410. The summed E-state index contributed by atoms with van der Waals surface area (Å²) in [5, 5.41) is 9.91. The predicted octanol–water partition coefficient (Wildman–Crippen LogP) is 3.54. The van der Waals surface area contributed by atoms with Gasteiger partial charge in [0.05, 0.1) is 16.5 Å². The molecule has 1 aliphatic rings. The van der Waals surface area contributed by atoms with Gasteiger partial charge in [-0.1, -0.05) is 32.1 Å². The lowest BCUT2D eigenvalue weighted by atomic mass is 9.85. The second kappa shape index (κ2) is 5.61. The molecule has 2 nitrogen and oxygen atoms in total. The molecule has 1 atom stereocenters. The molecular formula is C12H19NOS. The van der Waals surface area contributed by atoms with Crippen molar-refractivity contribution in [3.63, 3.8) is 0 Å². The third-order valence-electron chi connectivity index (χ3n) is 3.35. The number of nitrogens with zero attached hydrogens (tertiary/aromatic N) is 1. The van der Waals surface area contributed by atoms with Gasteiger partial charge in [0.25, 0.3) is 0 Å². The van der Waals surface area contributed by atoms with Gasteiger partial charge < -0.3 is 5.11 Å². The Morgan fingerprint density at radius 2 is 2.20 bits per heavy atom. The van der Waals surface area contributed by atoms with Crippen molar-refractivity contribution in [2.75, 3.05) is 0 Å². The van der Waals surface area contributed by atoms with E-state index in [0.29, 0.717) is 0 Å². The van der Waals surface area contributed by atoms with Crippen LogP contribution in [0.4, 0.5) is 0 Å². The normalized spacial score (nSPS) is 20.3. The van der Waals surface area contributed by atoms with Crippen LogP contribution >= 0.6 is 11.3 Å². The van der Waals surface area contributed by atoms with Crippen LogP contribution in [0.5, 0.6) is 0 Å². The van der Waals surface area contributed by atoms with Gasteiger partial charge in [0.2, 0.25) is 0 Å². The summed E-state index contributed by atoms with van der Waals surface area (Å²) in [5.41, 5.74) is 1.79. The van der Waals surface area contributed by atoms with Gasteiger partial charge in [-0.25, -0.2) is 0 Å². The van der Waals surface area contributed by atoms with Crippen LogP contribution in [0.2, 0.25) is 0 Å². The summed E-state index contributed by atoms with van der Waals surface area (Å²) < 4.78 is 0. The molecule has 1 aromatic rings. The van der Waals surface area contributed by atoms with Crippen LogP contribution < -0.4 is 0 Å². The minimum absolute atomic E-state index is 0.278. The van der Waals surface area contributed by atoms with E-state index < -0.39 is 0 Å². The molecule has 1 fully saturated rings. The smallest absolute Gasteiger partial charge is 0.0898 e. The first-order valence-electron chi connectivity index (χ1n) is 5.92. The average molecular weight is 225 g/mol. The molecule has 0 saturated heterocycles. The SMILES string of the molecule is O[C@H](CCC1CCCCC1)c1cncs1. The van der Waals surface area contributed by atoms with Gasteiger partial charge in [0, 0.05) is 6.20 Å². The van der Waals surface area contributed by atoms with E-state index in [9.17, 15) is 5.11 Å². The second-order valence-electron chi connectivity index (χ2n) is 4.50. The fraction of sp³-hybridized carbons (Fsp3) is 0.750. The molecule has 1 N–H and O–H groups in total. The Bertz CT molecular complexity index is 267. The molecule has 0 amide bonds. The van der Waals surface area contributed by atoms with Crippen molar-refractivity contribution in [3.05, 3.63) is 16.6 Å². The van der Waals surface area contributed by atoms with E-state index in [1.807, 2.05) is 0 Å².